The van der Waals surface area contributed by atoms with Crippen LogP contribution in [0.1, 0.15) is 38.7 Å². The second-order valence-electron chi connectivity index (χ2n) is 4.35. The minimum Gasteiger partial charge on any atom is -0.465 e. The summed E-state index contributed by atoms with van der Waals surface area (Å²) in [4.78, 5) is 17.1. The summed E-state index contributed by atoms with van der Waals surface area (Å²) in [7, 11) is 1.36. The lowest BCUT2D eigenvalue weighted by atomic mass is 10.2. The van der Waals surface area contributed by atoms with Crippen LogP contribution in [0.4, 0.5) is 0 Å². The van der Waals surface area contributed by atoms with Crippen molar-refractivity contribution >= 4 is 17.3 Å². The Morgan fingerprint density at radius 1 is 1.50 bits per heavy atom. The molecule has 6 heteroatoms. The molecular formula is C14H18N2O3S. The van der Waals surface area contributed by atoms with Gasteiger partial charge in [0, 0.05) is 17.6 Å². The summed E-state index contributed by atoms with van der Waals surface area (Å²) in [5.74, 6) is 0.927. The van der Waals surface area contributed by atoms with Gasteiger partial charge in [0.05, 0.1) is 13.7 Å². The number of hydrogen-bond acceptors (Lipinski definition) is 6. The number of aromatic nitrogens is 1. The molecule has 0 saturated heterocycles. The van der Waals surface area contributed by atoms with Crippen LogP contribution in [0.2, 0.25) is 0 Å². The highest BCUT2D eigenvalue weighted by Crippen LogP contribution is 2.16. The Morgan fingerprint density at radius 3 is 2.95 bits per heavy atom. The summed E-state index contributed by atoms with van der Waals surface area (Å²) in [5.41, 5.74) is 0.479. The predicted octanol–water partition coefficient (Wildman–Crippen LogP) is 2.68. The van der Waals surface area contributed by atoms with Gasteiger partial charge < -0.3 is 14.5 Å². The van der Waals surface area contributed by atoms with Crippen molar-refractivity contribution in [3.8, 4) is 0 Å². The highest BCUT2D eigenvalue weighted by atomic mass is 32.1. The van der Waals surface area contributed by atoms with Crippen LogP contribution in [0.5, 0.6) is 0 Å². The molecule has 2 rings (SSSR count). The Kier molecular flexibility index (Phi) is 4.92. The summed E-state index contributed by atoms with van der Waals surface area (Å²) >= 11 is 1.71. The molecule has 0 amide bonds. The molecule has 0 aliphatic carbocycles. The molecule has 0 radical (unpaired) electrons. The molecule has 0 aromatic carbocycles. The Balaban J connectivity index is 1.89. The van der Waals surface area contributed by atoms with Crippen molar-refractivity contribution in [3.63, 3.8) is 0 Å². The SMILES string of the molecule is CCc1cnc(CNCc2cc(C(=O)OC)c(C)o2)s1. The first-order valence-corrected chi connectivity index (χ1v) is 7.27. The number of ether oxygens (including phenoxy) is 1. The molecule has 1 N–H and O–H groups in total. The van der Waals surface area contributed by atoms with Crippen molar-refractivity contribution in [2.24, 2.45) is 0 Å². The van der Waals surface area contributed by atoms with Crippen LogP contribution in [0.3, 0.4) is 0 Å². The zero-order valence-corrected chi connectivity index (χ0v) is 12.7. The van der Waals surface area contributed by atoms with Crippen LogP contribution in [-0.4, -0.2) is 18.1 Å². The fraction of sp³-hybridized carbons (Fsp3) is 0.429. The lowest BCUT2D eigenvalue weighted by Crippen LogP contribution is -2.11. The zero-order chi connectivity index (χ0) is 14.5. The number of hydrogen-bond donors (Lipinski definition) is 1. The molecule has 2 aromatic rings. The molecule has 0 aliphatic rings. The molecule has 0 atom stereocenters. The highest BCUT2D eigenvalue weighted by molar-refractivity contribution is 7.11. The molecule has 2 aromatic heterocycles. The van der Waals surface area contributed by atoms with Crippen LogP contribution in [0.15, 0.2) is 16.7 Å². The van der Waals surface area contributed by atoms with Crippen LogP contribution < -0.4 is 5.32 Å². The van der Waals surface area contributed by atoms with E-state index in [2.05, 4.69) is 17.2 Å². The standard InChI is InChI=1S/C14H18N2O3S/c1-4-11-7-16-13(20-11)8-15-6-10-5-12(9(2)19-10)14(17)18-3/h5,7,15H,4,6,8H2,1-3H3. The molecule has 0 unspecified atom stereocenters. The van der Waals surface area contributed by atoms with E-state index in [9.17, 15) is 4.79 Å². The Morgan fingerprint density at radius 2 is 2.30 bits per heavy atom. The number of nitrogens with zero attached hydrogens (tertiary/aromatic N) is 1. The van der Waals surface area contributed by atoms with Gasteiger partial charge in [-0.05, 0) is 19.4 Å². The van der Waals surface area contributed by atoms with Crippen molar-refractivity contribution in [2.45, 2.75) is 33.4 Å². The molecule has 20 heavy (non-hydrogen) atoms. The van der Waals surface area contributed by atoms with Gasteiger partial charge in [0.1, 0.15) is 22.1 Å². The van der Waals surface area contributed by atoms with E-state index in [1.54, 1.807) is 24.3 Å². The molecular weight excluding hydrogens is 276 g/mol. The van der Waals surface area contributed by atoms with Crippen molar-refractivity contribution < 1.29 is 13.9 Å². The van der Waals surface area contributed by atoms with E-state index < -0.39 is 0 Å². The third-order valence-corrected chi connectivity index (χ3v) is 4.04. The number of rotatable bonds is 6. The fourth-order valence-electron chi connectivity index (χ4n) is 1.83. The minimum absolute atomic E-state index is 0.370. The largest absolute Gasteiger partial charge is 0.465 e. The van der Waals surface area contributed by atoms with Crippen molar-refractivity contribution in [1.82, 2.24) is 10.3 Å². The van der Waals surface area contributed by atoms with Gasteiger partial charge in [-0.1, -0.05) is 6.92 Å². The summed E-state index contributed by atoms with van der Waals surface area (Å²) in [6, 6.07) is 1.72. The van der Waals surface area contributed by atoms with E-state index in [0.29, 0.717) is 24.4 Å². The number of nitrogens with one attached hydrogen (secondary N) is 1. The number of carbonyl (C=O) groups excluding carboxylic acids is 1. The van der Waals surface area contributed by atoms with Gasteiger partial charge >= 0.3 is 5.97 Å². The average Bonchev–Trinajstić information content (AvgIpc) is 3.05. The summed E-state index contributed by atoms with van der Waals surface area (Å²) in [6.45, 7) is 5.12. The molecule has 0 saturated carbocycles. The molecule has 0 bridgehead atoms. The lowest BCUT2D eigenvalue weighted by Gasteiger charge is -1.98. The minimum atomic E-state index is -0.370. The first-order chi connectivity index (χ1) is 9.63. The van der Waals surface area contributed by atoms with Gasteiger partial charge in [0.15, 0.2) is 0 Å². The first-order valence-electron chi connectivity index (χ1n) is 6.46. The first kappa shape index (κ1) is 14.7. The van der Waals surface area contributed by atoms with Gasteiger partial charge in [0.2, 0.25) is 0 Å². The van der Waals surface area contributed by atoms with Gasteiger partial charge in [-0.2, -0.15) is 0 Å². The van der Waals surface area contributed by atoms with E-state index in [4.69, 9.17) is 9.15 Å². The number of furan rings is 1. The van der Waals surface area contributed by atoms with E-state index in [1.165, 1.54) is 12.0 Å². The van der Waals surface area contributed by atoms with E-state index in [0.717, 1.165) is 17.2 Å². The maximum Gasteiger partial charge on any atom is 0.341 e. The summed E-state index contributed by atoms with van der Waals surface area (Å²) in [6.07, 6.45) is 2.92. The third-order valence-electron chi connectivity index (χ3n) is 2.90. The van der Waals surface area contributed by atoms with Crippen molar-refractivity contribution in [2.75, 3.05) is 7.11 Å². The van der Waals surface area contributed by atoms with Gasteiger partial charge in [-0.25, -0.2) is 9.78 Å². The van der Waals surface area contributed by atoms with E-state index >= 15 is 0 Å². The fourth-order valence-corrected chi connectivity index (χ4v) is 2.66. The normalized spacial score (nSPS) is 10.8. The molecule has 0 spiro atoms. The second-order valence-corrected chi connectivity index (χ2v) is 5.55. The van der Waals surface area contributed by atoms with Crippen molar-refractivity contribution in [1.29, 1.82) is 0 Å². The van der Waals surface area contributed by atoms with E-state index in [-0.39, 0.29) is 5.97 Å². The van der Waals surface area contributed by atoms with Crippen LogP contribution >= 0.6 is 11.3 Å². The molecule has 108 valence electrons. The van der Waals surface area contributed by atoms with E-state index in [1.807, 2.05) is 6.20 Å². The Labute approximate surface area is 122 Å². The number of aryl methyl sites for hydroxylation is 2. The monoisotopic (exact) mass is 294 g/mol. The van der Waals surface area contributed by atoms with Crippen molar-refractivity contribution in [3.05, 3.63) is 39.2 Å². The molecule has 2 heterocycles. The molecule has 5 nitrogen and oxygen atoms in total. The number of carbonyl (C=O) groups is 1. The quantitative estimate of drug-likeness (QED) is 0.830. The summed E-state index contributed by atoms with van der Waals surface area (Å²) in [5, 5.41) is 4.31. The maximum atomic E-state index is 11.5. The van der Waals surface area contributed by atoms with Gasteiger partial charge in [-0.15, -0.1) is 11.3 Å². The zero-order valence-electron chi connectivity index (χ0n) is 11.9. The maximum absolute atomic E-state index is 11.5. The summed E-state index contributed by atoms with van der Waals surface area (Å²) < 4.78 is 10.2. The number of thiazole rings is 1. The smallest absolute Gasteiger partial charge is 0.341 e. The predicted molar refractivity (Wildman–Crippen MR) is 76.8 cm³/mol. The highest BCUT2D eigenvalue weighted by Gasteiger charge is 2.15. The Bertz CT molecular complexity index is 589. The lowest BCUT2D eigenvalue weighted by molar-refractivity contribution is 0.0599. The third kappa shape index (κ3) is 3.46. The number of esters is 1. The van der Waals surface area contributed by atoms with Gasteiger partial charge in [0.25, 0.3) is 0 Å². The van der Waals surface area contributed by atoms with Crippen LogP contribution in [-0.2, 0) is 24.2 Å². The molecule has 0 aliphatic heterocycles. The Hall–Kier alpha value is -1.66. The topological polar surface area (TPSA) is 64.4 Å². The van der Waals surface area contributed by atoms with Crippen LogP contribution in [0, 0.1) is 6.92 Å². The van der Waals surface area contributed by atoms with Gasteiger partial charge in [-0.3, -0.25) is 0 Å². The van der Waals surface area contributed by atoms with Crippen LogP contribution in [0.25, 0.3) is 0 Å². The number of methoxy groups -OCH3 is 1. The molecule has 0 fully saturated rings. The average molecular weight is 294 g/mol. The second kappa shape index (κ2) is 6.67.